The molecule has 2 atom stereocenters. The van der Waals surface area contributed by atoms with Gasteiger partial charge in [-0.3, -0.25) is 0 Å². The monoisotopic (exact) mass is 236 g/mol. The van der Waals surface area contributed by atoms with Gasteiger partial charge >= 0.3 is 0 Å². The quantitative estimate of drug-likeness (QED) is 0.869. The molecule has 2 rings (SSSR count). The Kier molecular flexibility index (Phi) is 4.18. The number of hydrazine groups is 1. The molecule has 0 aromatic carbocycles. The summed E-state index contributed by atoms with van der Waals surface area (Å²) >= 11 is 0. The van der Waals surface area contributed by atoms with Gasteiger partial charge in [0.15, 0.2) is 0 Å². The van der Waals surface area contributed by atoms with Crippen LogP contribution in [-0.2, 0) is 13.1 Å². The molecule has 1 N–H and O–H groups in total. The van der Waals surface area contributed by atoms with Crippen molar-refractivity contribution in [2.24, 2.45) is 0 Å². The maximum atomic E-state index is 4.20. The second-order valence-electron chi connectivity index (χ2n) is 5.04. The molecule has 1 aliphatic rings. The average molecular weight is 236 g/mol. The highest BCUT2D eigenvalue weighted by molar-refractivity contribution is 4.97. The molecule has 1 saturated heterocycles. The maximum absolute atomic E-state index is 4.20. The number of nitrogens with zero attached hydrogens (tertiary/aromatic N) is 3. The molecular weight excluding hydrogens is 212 g/mol. The molecule has 96 valence electrons. The van der Waals surface area contributed by atoms with E-state index < -0.39 is 0 Å². The van der Waals surface area contributed by atoms with Gasteiger partial charge in [0.1, 0.15) is 0 Å². The number of hydrogen-bond acceptors (Lipinski definition) is 3. The number of aryl methyl sites for hydroxylation is 1. The predicted molar refractivity (Wildman–Crippen MR) is 69.4 cm³/mol. The van der Waals surface area contributed by atoms with Gasteiger partial charge in [-0.2, -0.15) is 0 Å². The summed E-state index contributed by atoms with van der Waals surface area (Å²) < 4.78 is 2.19. The smallest absolute Gasteiger partial charge is 0.0948 e. The fourth-order valence-electron chi connectivity index (χ4n) is 2.69. The molecule has 1 aromatic heterocycles. The van der Waals surface area contributed by atoms with Gasteiger partial charge in [-0.1, -0.05) is 6.42 Å². The zero-order chi connectivity index (χ0) is 12.3. The van der Waals surface area contributed by atoms with Gasteiger partial charge < -0.3 is 4.57 Å². The van der Waals surface area contributed by atoms with Crippen molar-refractivity contribution in [3.63, 3.8) is 0 Å². The molecule has 0 radical (unpaired) electrons. The third kappa shape index (κ3) is 2.87. The number of nitrogens with one attached hydrogen (secondary N) is 1. The van der Waals surface area contributed by atoms with Crippen molar-refractivity contribution >= 4 is 0 Å². The van der Waals surface area contributed by atoms with Crippen molar-refractivity contribution < 1.29 is 0 Å². The first-order valence-corrected chi connectivity index (χ1v) is 6.73. The first kappa shape index (κ1) is 12.6. The van der Waals surface area contributed by atoms with E-state index >= 15 is 0 Å². The van der Waals surface area contributed by atoms with E-state index in [1.807, 2.05) is 12.5 Å². The molecule has 0 saturated carbocycles. The fraction of sp³-hybridized carbons (Fsp3) is 0.769. The second kappa shape index (κ2) is 5.65. The van der Waals surface area contributed by atoms with E-state index in [1.54, 1.807) is 0 Å². The summed E-state index contributed by atoms with van der Waals surface area (Å²) in [5.41, 5.74) is 4.83. The molecule has 2 unspecified atom stereocenters. The van der Waals surface area contributed by atoms with Gasteiger partial charge in [0.25, 0.3) is 0 Å². The molecule has 1 fully saturated rings. The number of rotatable bonds is 4. The third-order valence-corrected chi connectivity index (χ3v) is 3.78. The lowest BCUT2D eigenvalue weighted by Gasteiger charge is -2.39. The van der Waals surface area contributed by atoms with Crippen molar-refractivity contribution in [2.45, 2.75) is 65.2 Å². The van der Waals surface area contributed by atoms with Gasteiger partial charge in [-0.15, -0.1) is 0 Å². The zero-order valence-electron chi connectivity index (χ0n) is 11.2. The Balaban J connectivity index is 1.92. The summed E-state index contributed by atoms with van der Waals surface area (Å²) in [6.45, 7) is 8.63. The molecule has 0 aliphatic carbocycles. The maximum Gasteiger partial charge on any atom is 0.0948 e. The number of hydrogen-bond donors (Lipinski definition) is 1. The van der Waals surface area contributed by atoms with E-state index in [1.165, 1.54) is 25.0 Å². The highest BCUT2D eigenvalue weighted by Gasteiger charge is 2.24. The first-order valence-electron chi connectivity index (χ1n) is 6.73. The highest BCUT2D eigenvalue weighted by atomic mass is 15.5. The topological polar surface area (TPSA) is 33.1 Å². The van der Waals surface area contributed by atoms with Crippen molar-refractivity contribution in [1.82, 2.24) is 20.0 Å². The van der Waals surface area contributed by atoms with Crippen LogP contribution in [-0.4, -0.2) is 26.6 Å². The minimum atomic E-state index is 0.636. The van der Waals surface area contributed by atoms with Crippen LogP contribution in [0.25, 0.3) is 0 Å². The molecule has 4 nitrogen and oxygen atoms in total. The third-order valence-electron chi connectivity index (χ3n) is 3.78. The molecular formula is C13H24N4. The van der Waals surface area contributed by atoms with E-state index in [2.05, 4.69) is 40.8 Å². The number of aromatic nitrogens is 2. The Labute approximate surface area is 104 Å². The second-order valence-corrected chi connectivity index (χ2v) is 5.04. The Morgan fingerprint density at radius 2 is 2.06 bits per heavy atom. The van der Waals surface area contributed by atoms with E-state index in [-0.39, 0.29) is 0 Å². The SMILES string of the molecule is CCn1cncc1CNN1C(C)CCCC1C. The minimum Gasteiger partial charge on any atom is -0.334 e. The Morgan fingerprint density at radius 1 is 1.35 bits per heavy atom. The van der Waals surface area contributed by atoms with Crippen LogP contribution in [0.4, 0.5) is 0 Å². The van der Waals surface area contributed by atoms with Gasteiger partial charge in [0.2, 0.25) is 0 Å². The van der Waals surface area contributed by atoms with Crippen molar-refractivity contribution in [3.05, 3.63) is 18.2 Å². The largest absolute Gasteiger partial charge is 0.334 e. The number of imidazole rings is 1. The molecule has 1 aromatic rings. The fourth-order valence-corrected chi connectivity index (χ4v) is 2.69. The van der Waals surface area contributed by atoms with Crippen LogP contribution in [0.1, 0.15) is 45.7 Å². The van der Waals surface area contributed by atoms with E-state index in [9.17, 15) is 0 Å². The van der Waals surface area contributed by atoms with Crippen LogP contribution in [0.2, 0.25) is 0 Å². The summed E-state index contributed by atoms with van der Waals surface area (Å²) in [5.74, 6) is 0. The summed E-state index contributed by atoms with van der Waals surface area (Å²) in [6, 6.07) is 1.27. The average Bonchev–Trinajstić information content (AvgIpc) is 2.76. The molecule has 17 heavy (non-hydrogen) atoms. The summed E-state index contributed by atoms with van der Waals surface area (Å²) in [5, 5.41) is 2.41. The van der Waals surface area contributed by atoms with Gasteiger partial charge in [-0.25, -0.2) is 15.4 Å². The molecule has 4 heteroatoms. The lowest BCUT2D eigenvalue weighted by atomic mass is 10.00. The van der Waals surface area contributed by atoms with E-state index in [0.29, 0.717) is 12.1 Å². The van der Waals surface area contributed by atoms with Gasteiger partial charge in [0.05, 0.1) is 18.6 Å². The summed E-state index contributed by atoms with van der Waals surface area (Å²) in [7, 11) is 0. The van der Waals surface area contributed by atoms with Crippen LogP contribution in [0.5, 0.6) is 0 Å². The van der Waals surface area contributed by atoms with Crippen LogP contribution in [0.3, 0.4) is 0 Å². The normalized spacial score (nSPS) is 26.3. The van der Waals surface area contributed by atoms with Gasteiger partial charge in [-0.05, 0) is 33.6 Å². The molecule has 0 amide bonds. The Morgan fingerprint density at radius 3 is 2.71 bits per heavy atom. The minimum absolute atomic E-state index is 0.636. The van der Waals surface area contributed by atoms with E-state index in [0.717, 1.165) is 13.1 Å². The van der Waals surface area contributed by atoms with E-state index in [4.69, 9.17) is 0 Å². The van der Waals surface area contributed by atoms with Crippen LogP contribution >= 0.6 is 0 Å². The number of piperidine rings is 1. The molecule has 0 bridgehead atoms. The predicted octanol–water partition coefficient (Wildman–Crippen LogP) is 2.17. The standard InChI is InChI=1S/C13H24N4/c1-4-16-10-14-8-13(16)9-15-17-11(2)6-5-7-12(17)3/h8,10-12,15H,4-7,9H2,1-3H3. The van der Waals surface area contributed by atoms with Crippen molar-refractivity contribution in [3.8, 4) is 0 Å². The molecule has 1 aliphatic heterocycles. The zero-order valence-corrected chi connectivity index (χ0v) is 11.2. The molecule has 2 heterocycles. The van der Waals surface area contributed by atoms with Crippen molar-refractivity contribution in [2.75, 3.05) is 0 Å². The first-order chi connectivity index (χ1) is 8.22. The van der Waals surface area contributed by atoms with Crippen molar-refractivity contribution in [1.29, 1.82) is 0 Å². The molecule has 0 spiro atoms. The van der Waals surface area contributed by atoms with Crippen LogP contribution < -0.4 is 5.43 Å². The lowest BCUT2D eigenvalue weighted by Crippen LogP contribution is -2.51. The summed E-state index contributed by atoms with van der Waals surface area (Å²) in [4.78, 5) is 4.20. The summed E-state index contributed by atoms with van der Waals surface area (Å²) in [6.07, 6.45) is 7.80. The Hall–Kier alpha value is -0.870. The lowest BCUT2D eigenvalue weighted by molar-refractivity contribution is 0.0427. The highest BCUT2D eigenvalue weighted by Crippen LogP contribution is 2.20. The Bertz CT molecular complexity index is 337. The van der Waals surface area contributed by atoms with Crippen LogP contribution in [0.15, 0.2) is 12.5 Å². The van der Waals surface area contributed by atoms with Gasteiger partial charge in [0, 0.05) is 24.8 Å². The van der Waals surface area contributed by atoms with Crippen LogP contribution in [0, 0.1) is 0 Å².